The van der Waals surface area contributed by atoms with Crippen LogP contribution in [-0.4, -0.2) is 60.9 Å². The molecule has 2 aromatic rings. The Hall–Kier alpha value is -1.69. The minimum absolute atomic E-state index is 0.814. The summed E-state index contributed by atoms with van der Waals surface area (Å²) in [7, 11) is 0. The van der Waals surface area contributed by atoms with Crippen molar-refractivity contribution < 1.29 is 9.26 Å². The molecule has 3 rings (SSSR count). The van der Waals surface area contributed by atoms with Crippen molar-refractivity contribution in [3.63, 3.8) is 0 Å². The molecule has 0 bridgehead atoms. The monoisotopic (exact) mass is 343 g/mol. The fraction of sp³-hybridized carbons (Fsp3) is 0.550. The molecule has 136 valence electrons. The van der Waals surface area contributed by atoms with E-state index in [1.165, 1.54) is 5.56 Å². The Morgan fingerprint density at radius 3 is 2.52 bits per heavy atom. The van der Waals surface area contributed by atoms with Crippen LogP contribution in [0.5, 0.6) is 0 Å². The molecule has 1 saturated heterocycles. The molecule has 1 aromatic carbocycles. The van der Waals surface area contributed by atoms with Gasteiger partial charge in [0.25, 0.3) is 0 Å². The van der Waals surface area contributed by atoms with Gasteiger partial charge in [-0.3, -0.25) is 4.90 Å². The van der Waals surface area contributed by atoms with Gasteiger partial charge in [-0.2, -0.15) is 0 Å². The van der Waals surface area contributed by atoms with Crippen LogP contribution in [0.15, 0.2) is 40.9 Å². The second kappa shape index (κ2) is 9.70. The Morgan fingerprint density at radius 1 is 1.04 bits per heavy atom. The maximum absolute atomic E-state index is 5.78. The average Bonchev–Trinajstić information content (AvgIpc) is 3.05. The largest absolute Gasteiger partial charge is 0.381 e. The first kappa shape index (κ1) is 18.1. The van der Waals surface area contributed by atoms with E-state index in [1.807, 2.05) is 13.0 Å². The van der Waals surface area contributed by atoms with E-state index in [0.29, 0.717) is 0 Å². The fourth-order valence-corrected chi connectivity index (χ4v) is 3.22. The first-order valence-corrected chi connectivity index (χ1v) is 9.28. The van der Waals surface area contributed by atoms with Crippen molar-refractivity contribution in [3.8, 4) is 0 Å². The standard InChI is InChI=1S/C20H29N3O2/c1-18-16-20(21-25-18)17-23-12-10-22(11-13-23)9-5-14-24-15-8-19-6-3-2-4-7-19/h2-4,6-7,16H,5,8-15,17H2,1H3. The van der Waals surface area contributed by atoms with E-state index in [9.17, 15) is 0 Å². The van der Waals surface area contributed by atoms with Gasteiger partial charge in [-0.1, -0.05) is 35.5 Å². The molecule has 0 saturated carbocycles. The van der Waals surface area contributed by atoms with Crippen LogP contribution in [-0.2, 0) is 17.7 Å². The zero-order chi connectivity index (χ0) is 17.3. The van der Waals surface area contributed by atoms with E-state index in [4.69, 9.17) is 9.26 Å². The van der Waals surface area contributed by atoms with Crippen molar-refractivity contribution in [2.24, 2.45) is 0 Å². The van der Waals surface area contributed by atoms with E-state index in [1.54, 1.807) is 0 Å². The van der Waals surface area contributed by atoms with Gasteiger partial charge in [0.05, 0.1) is 12.3 Å². The molecule has 1 fully saturated rings. The highest BCUT2D eigenvalue weighted by Crippen LogP contribution is 2.09. The second-order valence-corrected chi connectivity index (χ2v) is 6.75. The molecule has 1 aliphatic heterocycles. The van der Waals surface area contributed by atoms with E-state index >= 15 is 0 Å². The molecule has 0 atom stereocenters. The Labute approximate surface area is 150 Å². The summed E-state index contributed by atoms with van der Waals surface area (Å²) in [5.41, 5.74) is 2.39. The van der Waals surface area contributed by atoms with E-state index < -0.39 is 0 Å². The predicted molar refractivity (Wildman–Crippen MR) is 98.5 cm³/mol. The van der Waals surface area contributed by atoms with Crippen molar-refractivity contribution in [3.05, 3.63) is 53.4 Å². The fourth-order valence-electron chi connectivity index (χ4n) is 3.22. The van der Waals surface area contributed by atoms with Crippen LogP contribution in [0.25, 0.3) is 0 Å². The molecule has 2 heterocycles. The van der Waals surface area contributed by atoms with Gasteiger partial charge < -0.3 is 14.2 Å². The molecule has 25 heavy (non-hydrogen) atoms. The first-order chi connectivity index (χ1) is 12.3. The summed E-state index contributed by atoms with van der Waals surface area (Å²) >= 11 is 0. The van der Waals surface area contributed by atoms with Crippen molar-refractivity contribution in [1.29, 1.82) is 0 Å². The van der Waals surface area contributed by atoms with Gasteiger partial charge >= 0.3 is 0 Å². The summed E-state index contributed by atoms with van der Waals surface area (Å²) in [4.78, 5) is 4.98. The summed E-state index contributed by atoms with van der Waals surface area (Å²) < 4.78 is 10.9. The summed E-state index contributed by atoms with van der Waals surface area (Å²) in [6, 6.07) is 12.6. The summed E-state index contributed by atoms with van der Waals surface area (Å²) in [5, 5.41) is 4.08. The quantitative estimate of drug-likeness (QED) is 0.655. The number of aryl methyl sites for hydroxylation is 1. The SMILES string of the molecule is Cc1cc(CN2CCN(CCCOCCc3ccccc3)CC2)no1. The highest BCUT2D eigenvalue weighted by molar-refractivity contribution is 5.14. The molecule has 1 aromatic heterocycles. The number of hydrogen-bond acceptors (Lipinski definition) is 5. The molecule has 0 N–H and O–H groups in total. The second-order valence-electron chi connectivity index (χ2n) is 6.75. The van der Waals surface area contributed by atoms with Crippen LogP contribution >= 0.6 is 0 Å². The lowest BCUT2D eigenvalue weighted by molar-refractivity contribution is 0.0971. The van der Waals surface area contributed by atoms with Crippen LogP contribution in [0.3, 0.4) is 0 Å². The molecule has 0 spiro atoms. The number of benzene rings is 1. The lowest BCUT2D eigenvalue weighted by atomic mass is 10.2. The van der Waals surface area contributed by atoms with Crippen molar-refractivity contribution in [2.75, 3.05) is 45.9 Å². The lowest BCUT2D eigenvalue weighted by Gasteiger charge is -2.34. The summed E-state index contributed by atoms with van der Waals surface area (Å²) in [6.07, 6.45) is 2.11. The van der Waals surface area contributed by atoms with Crippen molar-refractivity contribution in [2.45, 2.75) is 26.3 Å². The van der Waals surface area contributed by atoms with Gasteiger partial charge in [0.15, 0.2) is 0 Å². The highest BCUT2D eigenvalue weighted by Gasteiger charge is 2.17. The van der Waals surface area contributed by atoms with Crippen LogP contribution in [0.1, 0.15) is 23.4 Å². The Bertz CT molecular complexity index is 606. The number of ether oxygens (including phenoxy) is 1. The lowest BCUT2D eigenvalue weighted by Crippen LogP contribution is -2.46. The minimum atomic E-state index is 0.814. The van der Waals surface area contributed by atoms with Crippen LogP contribution in [0, 0.1) is 6.92 Å². The van der Waals surface area contributed by atoms with Gasteiger partial charge in [-0.05, 0) is 25.3 Å². The van der Waals surface area contributed by atoms with E-state index in [2.05, 4.69) is 45.3 Å². The molecular weight excluding hydrogens is 314 g/mol. The van der Waals surface area contributed by atoms with Crippen molar-refractivity contribution in [1.82, 2.24) is 15.0 Å². The normalized spacial score (nSPS) is 16.4. The van der Waals surface area contributed by atoms with Gasteiger partial charge in [-0.15, -0.1) is 0 Å². The molecule has 0 amide bonds. The van der Waals surface area contributed by atoms with E-state index in [-0.39, 0.29) is 0 Å². The maximum Gasteiger partial charge on any atom is 0.133 e. The topological polar surface area (TPSA) is 41.7 Å². The average molecular weight is 343 g/mol. The molecule has 1 aliphatic rings. The third-order valence-corrected chi connectivity index (χ3v) is 4.67. The number of piperazine rings is 1. The first-order valence-electron chi connectivity index (χ1n) is 9.28. The minimum Gasteiger partial charge on any atom is -0.381 e. The van der Waals surface area contributed by atoms with Crippen LogP contribution < -0.4 is 0 Å². The van der Waals surface area contributed by atoms with E-state index in [0.717, 1.165) is 76.8 Å². The van der Waals surface area contributed by atoms with Gasteiger partial charge in [0, 0.05) is 51.9 Å². The number of nitrogens with zero attached hydrogens (tertiary/aromatic N) is 3. The molecule has 0 radical (unpaired) electrons. The Balaban J connectivity index is 1.22. The zero-order valence-corrected chi connectivity index (χ0v) is 15.2. The zero-order valence-electron chi connectivity index (χ0n) is 15.2. The Morgan fingerprint density at radius 2 is 1.80 bits per heavy atom. The van der Waals surface area contributed by atoms with Crippen LogP contribution in [0.2, 0.25) is 0 Å². The summed E-state index contributed by atoms with van der Waals surface area (Å²) in [6.45, 7) is 10.1. The third-order valence-electron chi connectivity index (χ3n) is 4.67. The summed E-state index contributed by atoms with van der Waals surface area (Å²) in [5.74, 6) is 0.890. The number of rotatable bonds is 9. The number of aromatic nitrogens is 1. The van der Waals surface area contributed by atoms with Gasteiger partial charge in [-0.25, -0.2) is 0 Å². The van der Waals surface area contributed by atoms with Crippen LogP contribution in [0.4, 0.5) is 0 Å². The highest BCUT2D eigenvalue weighted by atomic mass is 16.5. The smallest absolute Gasteiger partial charge is 0.133 e. The van der Waals surface area contributed by atoms with Crippen molar-refractivity contribution >= 4 is 0 Å². The molecule has 0 aliphatic carbocycles. The molecule has 5 nitrogen and oxygen atoms in total. The maximum atomic E-state index is 5.78. The molecule has 5 heteroatoms. The van der Waals surface area contributed by atoms with Gasteiger partial charge in [0.2, 0.25) is 0 Å². The third kappa shape index (κ3) is 6.27. The Kier molecular flexibility index (Phi) is 7.03. The molecule has 0 unspecified atom stereocenters. The molecular formula is C20H29N3O2. The predicted octanol–water partition coefficient (Wildman–Crippen LogP) is 2.75. The number of hydrogen-bond donors (Lipinski definition) is 0. The van der Waals surface area contributed by atoms with Gasteiger partial charge in [0.1, 0.15) is 5.76 Å².